The van der Waals surface area contributed by atoms with Gasteiger partial charge in [-0.05, 0) is 104 Å². The molecule has 0 aromatic heterocycles. The van der Waals surface area contributed by atoms with Crippen molar-refractivity contribution in [1.82, 2.24) is 21.3 Å². The number of aryl methyl sites for hydroxylation is 2. The fourth-order valence-corrected chi connectivity index (χ4v) is 6.75. The smallest absolute Gasteiger partial charge is 0.416 e. The number of phenolic OH excluding ortho intramolecular Hbond substituents is 1. The van der Waals surface area contributed by atoms with Crippen molar-refractivity contribution in [2.45, 2.75) is 95.6 Å². The number of aromatic hydroxyl groups is 1. The van der Waals surface area contributed by atoms with Gasteiger partial charge in [-0.2, -0.15) is 13.2 Å². The van der Waals surface area contributed by atoms with E-state index in [4.69, 9.17) is 11.5 Å². The highest BCUT2D eigenvalue weighted by molar-refractivity contribution is 5.97. The fourth-order valence-electron chi connectivity index (χ4n) is 6.75. The largest absolute Gasteiger partial charge is 0.508 e. The van der Waals surface area contributed by atoms with Crippen molar-refractivity contribution in [2.24, 2.45) is 17.4 Å². The Hall–Kier alpha value is -5.77. The SMILES string of the molecule is Cc1cc(O)cc(C)c1CC(N)C(=O)NC1CCCCNC(=O)CC(C(N)=O)NC(=O)C(Cc2ccccc2)CC(=O)C(Cc2ccc(C(F)(F)F)cc2)NC1=O. The summed E-state index contributed by atoms with van der Waals surface area (Å²) in [5.41, 5.74) is 14.0. The van der Waals surface area contributed by atoms with Gasteiger partial charge in [0.15, 0.2) is 5.78 Å². The van der Waals surface area contributed by atoms with Gasteiger partial charge in [0.05, 0.1) is 24.1 Å². The lowest BCUT2D eigenvalue weighted by Crippen LogP contribution is -2.55. The number of nitrogens with two attached hydrogens (primary N) is 2. The van der Waals surface area contributed by atoms with Crippen LogP contribution in [0.3, 0.4) is 0 Å². The molecular formula is C41H49F3N6O7. The summed E-state index contributed by atoms with van der Waals surface area (Å²) in [5.74, 6) is -5.49. The summed E-state index contributed by atoms with van der Waals surface area (Å²) >= 11 is 0. The van der Waals surface area contributed by atoms with E-state index in [0.29, 0.717) is 23.1 Å². The number of alkyl halides is 3. The number of primary amides is 1. The third-order valence-corrected chi connectivity index (χ3v) is 9.94. The van der Waals surface area contributed by atoms with Crippen LogP contribution in [0.25, 0.3) is 0 Å². The molecule has 306 valence electrons. The average molecular weight is 795 g/mol. The summed E-state index contributed by atoms with van der Waals surface area (Å²) in [4.78, 5) is 80.7. The van der Waals surface area contributed by atoms with Crippen LogP contribution in [-0.4, -0.2) is 71.1 Å². The molecule has 0 saturated carbocycles. The van der Waals surface area contributed by atoms with Crippen LogP contribution in [0.5, 0.6) is 5.75 Å². The van der Waals surface area contributed by atoms with Gasteiger partial charge < -0.3 is 37.8 Å². The molecule has 5 atom stereocenters. The van der Waals surface area contributed by atoms with E-state index >= 15 is 0 Å². The number of phenols is 1. The number of rotatable bonds is 9. The number of carbonyl (C=O) groups is 6. The highest BCUT2D eigenvalue weighted by atomic mass is 19.4. The highest BCUT2D eigenvalue weighted by Crippen LogP contribution is 2.29. The van der Waals surface area contributed by atoms with E-state index in [0.717, 1.165) is 17.7 Å². The number of nitrogens with one attached hydrogen (secondary N) is 4. The predicted molar refractivity (Wildman–Crippen MR) is 204 cm³/mol. The molecule has 5 unspecified atom stereocenters. The van der Waals surface area contributed by atoms with E-state index in [1.54, 1.807) is 56.3 Å². The second kappa shape index (κ2) is 19.9. The van der Waals surface area contributed by atoms with E-state index in [1.807, 2.05) is 0 Å². The molecule has 4 rings (SSSR count). The Morgan fingerprint density at radius 3 is 2.12 bits per heavy atom. The zero-order chi connectivity index (χ0) is 41.9. The Morgan fingerprint density at radius 1 is 0.877 bits per heavy atom. The van der Waals surface area contributed by atoms with Crippen molar-refractivity contribution in [2.75, 3.05) is 6.54 Å². The minimum atomic E-state index is -4.61. The third kappa shape index (κ3) is 13.2. The van der Waals surface area contributed by atoms with Gasteiger partial charge >= 0.3 is 6.18 Å². The van der Waals surface area contributed by atoms with Gasteiger partial charge in [-0.25, -0.2) is 0 Å². The lowest BCUT2D eigenvalue weighted by Gasteiger charge is -2.26. The number of Topliss-reactive ketones (excluding diaryl/α,β-unsaturated/α-hetero) is 1. The lowest BCUT2D eigenvalue weighted by atomic mass is 9.89. The van der Waals surface area contributed by atoms with Gasteiger partial charge in [-0.3, -0.25) is 28.8 Å². The molecule has 1 heterocycles. The molecule has 1 fully saturated rings. The molecular weight excluding hydrogens is 745 g/mol. The Kier molecular flexibility index (Phi) is 15.3. The number of ketones is 1. The zero-order valence-electron chi connectivity index (χ0n) is 31.8. The minimum Gasteiger partial charge on any atom is -0.508 e. The van der Waals surface area contributed by atoms with E-state index in [1.165, 1.54) is 12.1 Å². The normalized spacial score (nSPS) is 21.0. The molecule has 9 N–H and O–H groups in total. The molecule has 0 aliphatic carbocycles. The molecule has 1 aliphatic rings. The monoisotopic (exact) mass is 794 g/mol. The van der Waals surface area contributed by atoms with Crippen LogP contribution in [0.1, 0.15) is 65.5 Å². The average Bonchev–Trinajstić information content (AvgIpc) is 3.14. The molecule has 57 heavy (non-hydrogen) atoms. The Balaban J connectivity index is 1.68. The molecule has 1 aliphatic heterocycles. The Labute approximate surface area is 328 Å². The van der Waals surface area contributed by atoms with Gasteiger partial charge in [-0.15, -0.1) is 0 Å². The first kappa shape index (κ1) is 44.0. The molecule has 0 radical (unpaired) electrons. The van der Waals surface area contributed by atoms with Crippen molar-refractivity contribution in [1.29, 1.82) is 0 Å². The standard InChI is InChI=1S/C41H49F3N6O7/c1-23-16-29(51)17-24(2)30(23)21-31(45)39(56)48-32-10-6-7-15-47-36(53)22-34(37(46)54)50-38(55)27(18-25-8-4-3-5-9-25)20-35(52)33(49-40(32)57)19-26-11-13-28(14-12-26)41(42,43)44/h3-5,8-9,11-14,16-17,27,31-34,51H,6-7,10,15,18-22,45H2,1-2H3,(H2,46,54)(H,47,53)(H,48,56)(H,49,57)(H,50,55). The maximum absolute atomic E-state index is 14.2. The first-order chi connectivity index (χ1) is 26.9. The van der Waals surface area contributed by atoms with Crippen molar-refractivity contribution in [3.63, 3.8) is 0 Å². The Morgan fingerprint density at radius 2 is 1.51 bits per heavy atom. The quantitative estimate of drug-likeness (QED) is 0.170. The zero-order valence-corrected chi connectivity index (χ0v) is 31.8. The molecule has 16 heteroatoms. The first-order valence-corrected chi connectivity index (χ1v) is 18.7. The van der Waals surface area contributed by atoms with Gasteiger partial charge in [0.1, 0.15) is 17.8 Å². The highest BCUT2D eigenvalue weighted by Gasteiger charge is 2.34. The molecule has 5 amide bonds. The molecule has 3 aromatic rings. The van der Waals surface area contributed by atoms with E-state index < -0.39 is 90.0 Å². The summed E-state index contributed by atoms with van der Waals surface area (Å²) < 4.78 is 40.1. The van der Waals surface area contributed by atoms with Crippen LogP contribution < -0.4 is 32.7 Å². The number of halogens is 3. The summed E-state index contributed by atoms with van der Waals surface area (Å²) in [5, 5.41) is 20.5. The van der Waals surface area contributed by atoms with Crippen LogP contribution in [0, 0.1) is 19.8 Å². The lowest BCUT2D eigenvalue weighted by molar-refractivity contribution is -0.137. The maximum Gasteiger partial charge on any atom is 0.416 e. The first-order valence-electron chi connectivity index (χ1n) is 18.7. The second-order valence-electron chi connectivity index (χ2n) is 14.5. The van der Waals surface area contributed by atoms with Crippen molar-refractivity contribution in [3.8, 4) is 5.75 Å². The number of amides is 5. The number of benzene rings is 3. The van der Waals surface area contributed by atoms with E-state index in [-0.39, 0.29) is 50.0 Å². The van der Waals surface area contributed by atoms with E-state index in [2.05, 4.69) is 21.3 Å². The predicted octanol–water partition coefficient (Wildman–Crippen LogP) is 2.59. The summed E-state index contributed by atoms with van der Waals surface area (Å²) in [6.45, 7) is 3.64. The Bertz CT molecular complexity index is 1900. The second-order valence-corrected chi connectivity index (χ2v) is 14.5. The molecule has 13 nitrogen and oxygen atoms in total. The van der Waals surface area contributed by atoms with Crippen molar-refractivity contribution < 1.29 is 47.0 Å². The molecule has 3 aromatic carbocycles. The summed E-state index contributed by atoms with van der Waals surface area (Å²) in [6, 6.07) is 10.7. The van der Waals surface area contributed by atoms with Crippen LogP contribution in [0.15, 0.2) is 66.7 Å². The van der Waals surface area contributed by atoms with Gasteiger partial charge in [0.25, 0.3) is 0 Å². The number of hydrogen-bond donors (Lipinski definition) is 7. The van der Waals surface area contributed by atoms with Gasteiger partial charge in [0, 0.05) is 18.9 Å². The van der Waals surface area contributed by atoms with Crippen LogP contribution in [-0.2, 0) is 54.2 Å². The molecule has 0 spiro atoms. The molecule has 1 saturated heterocycles. The molecule has 0 bridgehead atoms. The number of carbonyl (C=O) groups excluding carboxylic acids is 6. The topological polar surface area (TPSA) is 223 Å². The minimum absolute atomic E-state index is 0.00753. The maximum atomic E-state index is 14.2. The van der Waals surface area contributed by atoms with Gasteiger partial charge in [0.2, 0.25) is 29.5 Å². The van der Waals surface area contributed by atoms with E-state index in [9.17, 15) is 47.0 Å². The van der Waals surface area contributed by atoms with Gasteiger partial charge in [-0.1, -0.05) is 42.5 Å². The van der Waals surface area contributed by atoms with Crippen molar-refractivity contribution in [3.05, 3.63) is 100 Å². The van der Waals surface area contributed by atoms with Crippen LogP contribution in [0.2, 0.25) is 0 Å². The third-order valence-electron chi connectivity index (χ3n) is 9.94. The van der Waals surface area contributed by atoms with Crippen LogP contribution in [0.4, 0.5) is 13.2 Å². The summed E-state index contributed by atoms with van der Waals surface area (Å²) in [6.07, 6.45) is -5.10. The van der Waals surface area contributed by atoms with Crippen molar-refractivity contribution >= 4 is 35.3 Å². The summed E-state index contributed by atoms with van der Waals surface area (Å²) in [7, 11) is 0. The number of hydrogen-bond acceptors (Lipinski definition) is 8. The van der Waals surface area contributed by atoms with Crippen LogP contribution >= 0.6 is 0 Å². The fraction of sp³-hybridized carbons (Fsp3) is 0.415.